The van der Waals surface area contributed by atoms with Crippen molar-refractivity contribution in [3.8, 4) is 0 Å². The topological polar surface area (TPSA) is 21.3 Å². The fourth-order valence-electron chi connectivity index (χ4n) is 1.71. The molecule has 1 aromatic carbocycles. The highest BCUT2D eigenvalue weighted by Crippen LogP contribution is 2.20. The molecule has 1 rings (SSSR count). The van der Waals surface area contributed by atoms with Crippen LogP contribution in [-0.2, 0) is 11.2 Å². The van der Waals surface area contributed by atoms with Gasteiger partial charge in [-0.05, 0) is 31.0 Å². The van der Waals surface area contributed by atoms with Gasteiger partial charge in [0.1, 0.15) is 5.82 Å². The quantitative estimate of drug-likeness (QED) is 0.813. The Morgan fingerprint density at radius 3 is 2.88 bits per heavy atom. The first-order valence-electron chi connectivity index (χ1n) is 5.84. The minimum Gasteiger partial charge on any atom is -0.383 e. The van der Waals surface area contributed by atoms with E-state index in [9.17, 15) is 4.39 Å². The molecule has 0 aliphatic heterocycles. The molecule has 1 aromatic rings. The summed E-state index contributed by atoms with van der Waals surface area (Å²) in [6.45, 7) is 3.61. The van der Waals surface area contributed by atoms with Crippen LogP contribution >= 0.6 is 11.6 Å². The highest BCUT2D eigenvalue weighted by atomic mass is 35.5. The van der Waals surface area contributed by atoms with Crippen molar-refractivity contribution < 1.29 is 9.13 Å². The summed E-state index contributed by atoms with van der Waals surface area (Å²) in [5.74, 6) is -0.365. The molecule has 0 spiro atoms. The third-order valence-electron chi connectivity index (χ3n) is 2.55. The average Bonchev–Trinajstić information content (AvgIpc) is 2.32. The maximum Gasteiger partial charge on any atom is 0.142 e. The lowest BCUT2D eigenvalue weighted by molar-refractivity contribution is 0.166. The monoisotopic (exact) mass is 259 g/mol. The van der Waals surface area contributed by atoms with E-state index in [-0.39, 0.29) is 16.9 Å². The Kier molecular flexibility index (Phi) is 6.48. The van der Waals surface area contributed by atoms with Gasteiger partial charge in [0.25, 0.3) is 0 Å². The predicted molar refractivity (Wildman–Crippen MR) is 69.1 cm³/mol. The van der Waals surface area contributed by atoms with E-state index in [1.807, 2.05) is 6.07 Å². The van der Waals surface area contributed by atoms with Gasteiger partial charge in [-0.15, -0.1) is 0 Å². The van der Waals surface area contributed by atoms with Gasteiger partial charge in [0.05, 0.1) is 11.6 Å². The van der Waals surface area contributed by atoms with Crippen molar-refractivity contribution in [1.82, 2.24) is 5.32 Å². The number of nitrogens with one attached hydrogen (secondary N) is 1. The number of ether oxygens (including phenoxy) is 1. The second-order valence-electron chi connectivity index (χ2n) is 4.02. The molecule has 0 radical (unpaired) electrons. The lowest BCUT2D eigenvalue weighted by Gasteiger charge is -2.18. The van der Waals surface area contributed by atoms with E-state index in [2.05, 4.69) is 12.2 Å². The molecule has 1 atom stereocenters. The average molecular weight is 260 g/mol. The van der Waals surface area contributed by atoms with Crippen molar-refractivity contribution >= 4 is 11.6 Å². The van der Waals surface area contributed by atoms with Gasteiger partial charge < -0.3 is 10.1 Å². The Morgan fingerprint density at radius 1 is 1.47 bits per heavy atom. The maximum absolute atomic E-state index is 13.3. The molecule has 0 saturated heterocycles. The highest BCUT2D eigenvalue weighted by Gasteiger charge is 2.12. The molecule has 0 bridgehead atoms. The lowest BCUT2D eigenvalue weighted by atomic mass is 10.1. The standard InChI is InChI=1S/C13H19ClFNO/c1-3-7-16-11(9-17-2)8-10-5-4-6-12(15)13(10)14/h4-6,11,16H,3,7-9H2,1-2H3. The van der Waals surface area contributed by atoms with Crippen molar-refractivity contribution in [1.29, 1.82) is 0 Å². The lowest BCUT2D eigenvalue weighted by Crippen LogP contribution is -2.35. The second kappa shape index (κ2) is 7.64. The Morgan fingerprint density at radius 2 is 2.24 bits per heavy atom. The molecular formula is C13H19ClFNO. The van der Waals surface area contributed by atoms with Gasteiger partial charge in [0.15, 0.2) is 0 Å². The van der Waals surface area contributed by atoms with Gasteiger partial charge in [0.2, 0.25) is 0 Å². The summed E-state index contributed by atoms with van der Waals surface area (Å²) in [5.41, 5.74) is 0.817. The first-order chi connectivity index (χ1) is 8.19. The molecule has 0 aliphatic rings. The van der Waals surface area contributed by atoms with Crippen molar-refractivity contribution in [3.63, 3.8) is 0 Å². The van der Waals surface area contributed by atoms with Crippen LogP contribution in [0.1, 0.15) is 18.9 Å². The molecule has 1 N–H and O–H groups in total. The van der Waals surface area contributed by atoms with Crippen molar-refractivity contribution in [2.75, 3.05) is 20.3 Å². The van der Waals surface area contributed by atoms with Gasteiger partial charge >= 0.3 is 0 Å². The smallest absolute Gasteiger partial charge is 0.142 e. The number of rotatable bonds is 7. The van der Waals surface area contributed by atoms with E-state index in [4.69, 9.17) is 16.3 Å². The molecule has 1 unspecified atom stereocenters. The molecule has 96 valence electrons. The largest absolute Gasteiger partial charge is 0.383 e. The van der Waals surface area contributed by atoms with Crippen LogP contribution in [0, 0.1) is 5.82 Å². The number of hydrogen-bond donors (Lipinski definition) is 1. The summed E-state index contributed by atoms with van der Waals surface area (Å²) in [5, 5.41) is 3.57. The molecule has 0 aliphatic carbocycles. The minimum atomic E-state index is -0.365. The molecule has 0 fully saturated rings. The molecular weight excluding hydrogens is 241 g/mol. The van der Waals surface area contributed by atoms with E-state index in [0.29, 0.717) is 13.0 Å². The van der Waals surface area contributed by atoms with Crippen molar-refractivity contribution in [2.45, 2.75) is 25.8 Å². The van der Waals surface area contributed by atoms with Crippen LogP contribution in [-0.4, -0.2) is 26.3 Å². The molecule has 0 saturated carbocycles. The maximum atomic E-state index is 13.3. The van der Waals surface area contributed by atoms with E-state index in [0.717, 1.165) is 18.5 Å². The Bertz CT molecular complexity index is 346. The van der Waals surface area contributed by atoms with Crippen LogP contribution < -0.4 is 5.32 Å². The molecule has 0 heterocycles. The van der Waals surface area contributed by atoms with Gasteiger partial charge in [0, 0.05) is 13.2 Å². The SMILES string of the molecule is CCCNC(COC)Cc1cccc(F)c1Cl. The first kappa shape index (κ1) is 14.4. The van der Waals surface area contributed by atoms with Gasteiger partial charge in [-0.3, -0.25) is 0 Å². The van der Waals surface area contributed by atoms with E-state index in [1.165, 1.54) is 6.07 Å². The number of methoxy groups -OCH3 is 1. The molecule has 2 nitrogen and oxygen atoms in total. The van der Waals surface area contributed by atoms with Crippen molar-refractivity contribution in [3.05, 3.63) is 34.6 Å². The van der Waals surface area contributed by atoms with Crippen LogP contribution in [0.5, 0.6) is 0 Å². The van der Waals surface area contributed by atoms with E-state index < -0.39 is 0 Å². The van der Waals surface area contributed by atoms with Crippen LogP contribution in [0.4, 0.5) is 4.39 Å². The fraction of sp³-hybridized carbons (Fsp3) is 0.538. The van der Waals surface area contributed by atoms with E-state index in [1.54, 1.807) is 13.2 Å². The van der Waals surface area contributed by atoms with Crippen LogP contribution in [0.15, 0.2) is 18.2 Å². The summed E-state index contributed by atoms with van der Waals surface area (Å²) in [7, 11) is 1.66. The minimum absolute atomic E-state index is 0.166. The van der Waals surface area contributed by atoms with Gasteiger partial charge in [-0.25, -0.2) is 4.39 Å². The van der Waals surface area contributed by atoms with Crippen LogP contribution in [0.3, 0.4) is 0 Å². The third kappa shape index (κ3) is 4.62. The van der Waals surface area contributed by atoms with Crippen molar-refractivity contribution in [2.24, 2.45) is 0 Å². The molecule has 0 aromatic heterocycles. The molecule has 4 heteroatoms. The summed E-state index contributed by atoms with van der Waals surface area (Å²) in [6.07, 6.45) is 1.72. The molecule has 0 amide bonds. The van der Waals surface area contributed by atoms with E-state index >= 15 is 0 Å². The Labute approximate surface area is 107 Å². The normalized spacial score (nSPS) is 12.7. The van der Waals surface area contributed by atoms with Crippen LogP contribution in [0.2, 0.25) is 5.02 Å². The summed E-state index contributed by atoms with van der Waals surface area (Å²) in [4.78, 5) is 0. The zero-order valence-electron chi connectivity index (χ0n) is 10.3. The number of hydrogen-bond acceptors (Lipinski definition) is 2. The fourth-order valence-corrected chi connectivity index (χ4v) is 1.91. The third-order valence-corrected chi connectivity index (χ3v) is 2.97. The first-order valence-corrected chi connectivity index (χ1v) is 6.22. The Balaban J connectivity index is 2.67. The second-order valence-corrected chi connectivity index (χ2v) is 4.40. The van der Waals surface area contributed by atoms with Gasteiger partial charge in [-0.1, -0.05) is 30.7 Å². The van der Waals surface area contributed by atoms with Crippen LogP contribution in [0.25, 0.3) is 0 Å². The summed E-state index contributed by atoms with van der Waals surface area (Å²) >= 11 is 5.93. The number of benzene rings is 1. The summed E-state index contributed by atoms with van der Waals surface area (Å²) < 4.78 is 18.4. The predicted octanol–water partition coefficient (Wildman–Crippen LogP) is 3.04. The Hall–Kier alpha value is -0.640. The summed E-state index contributed by atoms with van der Waals surface area (Å²) in [6, 6.07) is 5.07. The van der Waals surface area contributed by atoms with Gasteiger partial charge in [-0.2, -0.15) is 0 Å². The zero-order valence-corrected chi connectivity index (χ0v) is 11.1. The highest BCUT2D eigenvalue weighted by molar-refractivity contribution is 6.31. The molecule has 17 heavy (non-hydrogen) atoms. The number of halogens is 2. The zero-order chi connectivity index (χ0) is 12.7.